The van der Waals surface area contributed by atoms with Crippen molar-refractivity contribution in [2.75, 3.05) is 11.9 Å². The summed E-state index contributed by atoms with van der Waals surface area (Å²) in [7, 11) is 0. The van der Waals surface area contributed by atoms with Gasteiger partial charge in [-0.05, 0) is 42.3 Å². The number of aliphatic hydroxyl groups excluding tert-OH is 1. The summed E-state index contributed by atoms with van der Waals surface area (Å²) in [5.41, 5.74) is 2.71. The number of benzene rings is 1. The molecule has 4 nitrogen and oxygen atoms in total. The van der Waals surface area contributed by atoms with Crippen LogP contribution < -0.4 is 5.32 Å². The fraction of sp³-hybridized carbons (Fsp3) is 0.188. The average Bonchev–Trinajstić information content (AvgIpc) is 2.89. The van der Waals surface area contributed by atoms with E-state index in [-0.39, 0.29) is 23.3 Å². The Morgan fingerprint density at radius 2 is 2.24 bits per heavy atom. The van der Waals surface area contributed by atoms with E-state index < -0.39 is 0 Å². The maximum Gasteiger partial charge on any atom is 0.260 e. The molecule has 0 atom stereocenters. The summed E-state index contributed by atoms with van der Waals surface area (Å²) in [6, 6.07) is 6.95. The van der Waals surface area contributed by atoms with E-state index in [9.17, 15) is 4.79 Å². The highest BCUT2D eigenvalue weighted by Crippen LogP contribution is 2.20. The lowest BCUT2D eigenvalue weighted by Gasteiger charge is -2.06. The Kier molecular flexibility index (Phi) is 5.04. The second-order valence-electron chi connectivity index (χ2n) is 4.37. The van der Waals surface area contributed by atoms with Crippen LogP contribution in [0.3, 0.4) is 0 Å². The van der Waals surface area contributed by atoms with Crippen LogP contribution >= 0.6 is 11.6 Å². The third-order valence-electron chi connectivity index (χ3n) is 2.82. The van der Waals surface area contributed by atoms with E-state index in [0.717, 1.165) is 11.1 Å². The number of carbonyl (C=O) groups excluding carboxylic acids is 1. The van der Waals surface area contributed by atoms with Crippen LogP contribution in [0.1, 0.15) is 27.9 Å². The van der Waals surface area contributed by atoms with Gasteiger partial charge in [0.05, 0.1) is 18.4 Å². The lowest BCUT2D eigenvalue weighted by molar-refractivity contribution is 0.102. The molecular weight excluding hydrogens is 290 g/mol. The number of hydrogen-bond donors (Lipinski definition) is 2. The van der Waals surface area contributed by atoms with Crippen molar-refractivity contribution in [1.82, 2.24) is 0 Å². The van der Waals surface area contributed by atoms with E-state index in [4.69, 9.17) is 21.1 Å². The zero-order valence-corrected chi connectivity index (χ0v) is 12.2. The van der Waals surface area contributed by atoms with Crippen LogP contribution in [0.15, 0.2) is 34.9 Å². The van der Waals surface area contributed by atoms with Gasteiger partial charge in [-0.15, -0.1) is 0 Å². The van der Waals surface area contributed by atoms with E-state index in [0.29, 0.717) is 12.1 Å². The maximum atomic E-state index is 12.0. The molecule has 0 unspecified atom stereocenters. The first kappa shape index (κ1) is 15.2. The molecule has 0 saturated heterocycles. The first-order chi connectivity index (χ1) is 10.1. The quantitative estimate of drug-likeness (QED) is 0.856. The Balaban J connectivity index is 2.18. The first-order valence-corrected chi connectivity index (χ1v) is 6.74. The molecule has 2 aromatic rings. The molecule has 1 aromatic carbocycles. The second-order valence-corrected chi connectivity index (χ2v) is 4.71. The number of aryl methyl sites for hydroxylation is 1. The second kappa shape index (κ2) is 6.98. The molecule has 2 rings (SSSR count). The van der Waals surface area contributed by atoms with Crippen LogP contribution in [0, 0.1) is 18.8 Å². The minimum atomic E-state index is -0.341. The SMILES string of the molecule is Cc1ccc(NC(=O)c2ccoc2Cl)cc1C#CCCO. The molecule has 0 aliphatic carbocycles. The number of amides is 1. The van der Waals surface area contributed by atoms with E-state index in [1.54, 1.807) is 12.1 Å². The molecule has 0 aliphatic rings. The van der Waals surface area contributed by atoms with E-state index in [1.807, 2.05) is 13.0 Å². The van der Waals surface area contributed by atoms with Crippen LogP contribution in [-0.2, 0) is 0 Å². The summed E-state index contributed by atoms with van der Waals surface area (Å²) in [6.45, 7) is 1.96. The zero-order valence-electron chi connectivity index (χ0n) is 11.4. The Labute approximate surface area is 127 Å². The van der Waals surface area contributed by atoms with Gasteiger partial charge in [-0.3, -0.25) is 4.79 Å². The summed E-state index contributed by atoms with van der Waals surface area (Å²) in [5, 5.41) is 11.5. The minimum absolute atomic E-state index is 0.0292. The van der Waals surface area contributed by atoms with Crippen molar-refractivity contribution in [3.63, 3.8) is 0 Å². The first-order valence-electron chi connectivity index (χ1n) is 6.36. The molecule has 2 N–H and O–H groups in total. The number of halogens is 1. The van der Waals surface area contributed by atoms with Gasteiger partial charge < -0.3 is 14.8 Å². The molecule has 0 fully saturated rings. The van der Waals surface area contributed by atoms with Gasteiger partial charge in [0.25, 0.3) is 5.91 Å². The number of hydrogen-bond acceptors (Lipinski definition) is 3. The number of carbonyl (C=O) groups is 1. The predicted octanol–water partition coefficient (Wildman–Crippen LogP) is 3.23. The maximum absolute atomic E-state index is 12.0. The van der Waals surface area contributed by atoms with E-state index in [2.05, 4.69) is 17.2 Å². The van der Waals surface area contributed by atoms with E-state index >= 15 is 0 Å². The third kappa shape index (κ3) is 3.88. The normalized spacial score (nSPS) is 9.86. The lowest BCUT2D eigenvalue weighted by atomic mass is 10.1. The van der Waals surface area contributed by atoms with Crippen LogP contribution in [0.5, 0.6) is 0 Å². The highest BCUT2D eigenvalue weighted by Gasteiger charge is 2.13. The van der Waals surface area contributed by atoms with Crippen molar-refractivity contribution in [3.05, 3.63) is 52.4 Å². The fourth-order valence-electron chi connectivity index (χ4n) is 1.70. The Morgan fingerprint density at radius 1 is 1.43 bits per heavy atom. The van der Waals surface area contributed by atoms with Crippen molar-refractivity contribution < 1.29 is 14.3 Å². The molecule has 0 spiro atoms. The number of rotatable bonds is 3. The lowest BCUT2D eigenvalue weighted by Crippen LogP contribution is -2.11. The largest absolute Gasteiger partial charge is 0.452 e. The molecule has 108 valence electrons. The minimum Gasteiger partial charge on any atom is -0.452 e. The third-order valence-corrected chi connectivity index (χ3v) is 3.11. The van der Waals surface area contributed by atoms with Crippen LogP contribution in [-0.4, -0.2) is 17.6 Å². The molecule has 0 saturated carbocycles. The Hall–Kier alpha value is -2.22. The van der Waals surface area contributed by atoms with Gasteiger partial charge in [0.15, 0.2) is 0 Å². The van der Waals surface area contributed by atoms with Gasteiger partial charge in [-0.2, -0.15) is 0 Å². The predicted molar refractivity (Wildman–Crippen MR) is 81.4 cm³/mol. The number of anilines is 1. The standard InChI is InChI=1S/C16H14ClNO3/c1-11-5-6-13(10-12(11)4-2-3-8-19)18-16(20)14-7-9-21-15(14)17/h5-7,9-10,19H,3,8H2,1H3,(H,18,20). The number of furan rings is 1. The fourth-order valence-corrected chi connectivity index (χ4v) is 1.90. The molecule has 1 amide bonds. The molecule has 0 aliphatic heterocycles. The van der Waals surface area contributed by atoms with Crippen molar-refractivity contribution in [3.8, 4) is 11.8 Å². The van der Waals surface area contributed by atoms with E-state index in [1.165, 1.54) is 12.3 Å². The van der Waals surface area contributed by atoms with Gasteiger partial charge in [-0.25, -0.2) is 0 Å². The molecule has 1 aromatic heterocycles. The van der Waals surface area contributed by atoms with Gasteiger partial charge in [0.1, 0.15) is 0 Å². The van der Waals surface area contributed by atoms with Gasteiger partial charge in [0, 0.05) is 17.7 Å². The smallest absolute Gasteiger partial charge is 0.260 e. The molecule has 1 heterocycles. The van der Waals surface area contributed by atoms with Gasteiger partial charge in [0.2, 0.25) is 5.22 Å². The van der Waals surface area contributed by atoms with Crippen molar-refractivity contribution in [2.45, 2.75) is 13.3 Å². The molecule has 21 heavy (non-hydrogen) atoms. The van der Waals surface area contributed by atoms with Crippen LogP contribution in [0.2, 0.25) is 5.22 Å². The van der Waals surface area contributed by atoms with Crippen LogP contribution in [0.25, 0.3) is 0 Å². The summed E-state index contributed by atoms with van der Waals surface area (Å²) in [4.78, 5) is 12.0. The summed E-state index contributed by atoms with van der Waals surface area (Å²) < 4.78 is 4.89. The monoisotopic (exact) mass is 303 g/mol. The highest BCUT2D eigenvalue weighted by molar-refractivity contribution is 6.32. The molecule has 0 bridgehead atoms. The summed E-state index contributed by atoms with van der Waals surface area (Å²) in [5.74, 6) is 5.49. The van der Waals surface area contributed by atoms with Crippen molar-refractivity contribution in [1.29, 1.82) is 0 Å². The van der Waals surface area contributed by atoms with Gasteiger partial charge >= 0.3 is 0 Å². The molecular formula is C16H14ClNO3. The van der Waals surface area contributed by atoms with Crippen molar-refractivity contribution >= 4 is 23.2 Å². The number of nitrogens with one attached hydrogen (secondary N) is 1. The zero-order chi connectivity index (χ0) is 15.2. The van der Waals surface area contributed by atoms with Crippen molar-refractivity contribution in [2.24, 2.45) is 0 Å². The average molecular weight is 304 g/mol. The van der Waals surface area contributed by atoms with Crippen LogP contribution in [0.4, 0.5) is 5.69 Å². The molecule has 0 radical (unpaired) electrons. The van der Waals surface area contributed by atoms with Gasteiger partial charge in [-0.1, -0.05) is 17.9 Å². The highest BCUT2D eigenvalue weighted by atomic mass is 35.5. The Morgan fingerprint density at radius 3 is 2.90 bits per heavy atom. The summed E-state index contributed by atoms with van der Waals surface area (Å²) in [6.07, 6.45) is 1.78. The topological polar surface area (TPSA) is 62.5 Å². The number of aliphatic hydroxyl groups is 1. The molecule has 5 heteroatoms. The summed E-state index contributed by atoms with van der Waals surface area (Å²) >= 11 is 5.77. The Bertz CT molecular complexity index is 710.